The summed E-state index contributed by atoms with van der Waals surface area (Å²) in [6.07, 6.45) is 0. The van der Waals surface area contributed by atoms with Crippen molar-refractivity contribution in [2.24, 2.45) is 11.8 Å². The van der Waals surface area contributed by atoms with Gasteiger partial charge in [-0.1, -0.05) is 6.92 Å². The van der Waals surface area contributed by atoms with Crippen molar-refractivity contribution in [1.29, 1.82) is 0 Å². The van der Waals surface area contributed by atoms with Crippen molar-refractivity contribution in [3.05, 3.63) is 17.3 Å². The molecular formula is C13H18N2O4. The second kappa shape index (κ2) is 5.03. The monoisotopic (exact) mass is 266 g/mol. The fraction of sp³-hybridized carbons (Fsp3) is 0.615. The number of rotatable bonds is 2. The van der Waals surface area contributed by atoms with E-state index in [0.29, 0.717) is 24.7 Å². The molecule has 2 heterocycles. The Hall–Kier alpha value is -1.85. The van der Waals surface area contributed by atoms with Gasteiger partial charge in [0.2, 0.25) is 5.76 Å². The summed E-state index contributed by atoms with van der Waals surface area (Å²) in [5.74, 6) is 0.0662. The molecule has 6 nitrogen and oxygen atoms in total. The number of oxazole rings is 1. The Bertz CT molecular complexity index is 509. The first kappa shape index (κ1) is 13.6. The van der Waals surface area contributed by atoms with Crippen LogP contribution in [0.3, 0.4) is 0 Å². The number of likely N-dealkylation sites (tertiary alicyclic amines) is 1. The van der Waals surface area contributed by atoms with Crippen LogP contribution in [-0.4, -0.2) is 42.0 Å². The van der Waals surface area contributed by atoms with Crippen LogP contribution >= 0.6 is 0 Å². The molecule has 1 aromatic rings. The number of ether oxygens (including phenoxy) is 1. The Labute approximate surface area is 111 Å². The zero-order valence-corrected chi connectivity index (χ0v) is 11.6. The average molecular weight is 266 g/mol. The maximum atomic E-state index is 12.3. The standard InChI is InChI=1S/C13H18N2O4/c1-7-5-15(6-10(7)13(17)18-4)12(16)11-8(2)14-9(3)19-11/h7,10H,5-6H2,1-4H3. The van der Waals surface area contributed by atoms with Gasteiger partial charge < -0.3 is 14.1 Å². The van der Waals surface area contributed by atoms with Gasteiger partial charge in [0.15, 0.2) is 5.89 Å². The largest absolute Gasteiger partial charge is 0.469 e. The molecule has 19 heavy (non-hydrogen) atoms. The topological polar surface area (TPSA) is 72.6 Å². The molecule has 2 unspecified atom stereocenters. The molecule has 1 amide bonds. The van der Waals surface area contributed by atoms with Crippen LogP contribution in [0.4, 0.5) is 0 Å². The number of aromatic nitrogens is 1. The van der Waals surface area contributed by atoms with Gasteiger partial charge in [-0.25, -0.2) is 4.98 Å². The van der Waals surface area contributed by atoms with Gasteiger partial charge in [0.1, 0.15) is 0 Å². The van der Waals surface area contributed by atoms with Crippen molar-refractivity contribution in [2.45, 2.75) is 20.8 Å². The fourth-order valence-electron chi connectivity index (χ4n) is 2.46. The molecule has 1 aromatic heterocycles. The SMILES string of the molecule is COC(=O)C1CN(C(=O)c2oc(C)nc2C)CC1C. The first-order chi connectivity index (χ1) is 8.93. The third-order valence-corrected chi connectivity index (χ3v) is 3.50. The minimum Gasteiger partial charge on any atom is -0.469 e. The Balaban J connectivity index is 2.14. The summed E-state index contributed by atoms with van der Waals surface area (Å²) in [6.45, 7) is 6.27. The number of methoxy groups -OCH3 is 1. The van der Waals surface area contributed by atoms with E-state index in [1.165, 1.54) is 7.11 Å². The molecule has 1 aliphatic rings. The second-order valence-corrected chi connectivity index (χ2v) is 4.96. The molecule has 2 rings (SSSR count). The summed E-state index contributed by atoms with van der Waals surface area (Å²) in [7, 11) is 1.36. The first-order valence-electron chi connectivity index (χ1n) is 6.25. The number of hydrogen-bond acceptors (Lipinski definition) is 5. The molecule has 2 atom stereocenters. The Morgan fingerprint density at radius 2 is 2.05 bits per heavy atom. The number of amides is 1. The van der Waals surface area contributed by atoms with Crippen LogP contribution in [0.5, 0.6) is 0 Å². The Morgan fingerprint density at radius 1 is 1.37 bits per heavy atom. The van der Waals surface area contributed by atoms with Gasteiger partial charge in [-0.05, 0) is 12.8 Å². The predicted molar refractivity (Wildman–Crippen MR) is 66.6 cm³/mol. The zero-order valence-electron chi connectivity index (χ0n) is 11.6. The highest BCUT2D eigenvalue weighted by Gasteiger charge is 2.39. The van der Waals surface area contributed by atoms with Crippen molar-refractivity contribution < 1.29 is 18.7 Å². The molecule has 0 spiro atoms. The van der Waals surface area contributed by atoms with E-state index in [1.54, 1.807) is 18.7 Å². The predicted octanol–water partition coefficient (Wildman–Crippen LogP) is 1.17. The molecule has 0 aliphatic carbocycles. The molecule has 1 aliphatic heterocycles. The fourth-order valence-corrected chi connectivity index (χ4v) is 2.46. The number of aryl methyl sites for hydroxylation is 2. The quantitative estimate of drug-likeness (QED) is 0.751. The average Bonchev–Trinajstić information content (AvgIpc) is 2.90. The van der Waals surface area contributed by atoms with Crippen LogP contribution in [0.25, 0.3) is 0 Å². The van der Waals surface area contributed by atoms with Crippen molar-refractivity contribution in [3.63, 3.8) is 0 Å². The van der Waals surface area contributed by atoms with E-state index in [4.69, 9.17) is 9.15 Å². The maximum absolute atomic E-state index is 12.3. The molecule has 104 valence electrons. The van der Waals surface area contributed by atoms with Gasteiger partial charge in [0.05, 0.1) is 18.7 Å². The van der Waals surface area contributed by atoms with E-state index >= 15 is 0 Å². The highest BCUT2D eigenvalue weighted by molar-refractivity contribution is 5.93. The van der Waals surface area contributed by atoms with E-state index in [9.17, 15) is 9.59 Å². The molecule has 0 saturated carbocycles. The lowest BCUT2D eigenvalue weighted by molar-refractivity contribution is -0.146. The van der Waals surface area contributed by atoms with E-state index in [0.717, 1.165) is 0 Å². The summed E-state index contributed by atoms with van der Waals surface area (Å²) in [5, 5.41) is 0. The lowest BCUT2D eigenvalue weighted by Gasteiger charge is -2.14. The minimum atomic E-state index is -0.270. The van der Waals surface area contributed by atoms with Gasteiger partial charge in [0.25, 0.3) is 5.91 Å². The summed E-state index contributed by atoms with van der Waals surface area (Å²) >= 11 is 0. The van der Waals surface area contributed by atoms with E-state index in [-0.39, 0.29) is 29.5 Å². The zero-order chi connectivity index (χ0) is 14.2. The van der Waals surface area contributed by atoms with Gasteiger partial charge in [-0.2, -0.15) is 0 Å². The maximum Gasteiger partial charge on any atom is 0.310 e. The third-order valence-electron chi connectivity index (χ3n) is 3.50. The lowest BCUT2D eigenvalue weighted by Crippen LogP contribution is -2.30. The van der Waals surface area contributed by atoms with Crippen molar-refractivity contribution in [2.75, 3.05) is 20.2 Å². The highest BCUT2D eigenvalue weighted by atomic mass is 16.5. The van der Waals surface area contributed by atoms with Crippen LogP contribution in [-0.2, 0) is 9.53 Å². The van der Waals surface area contributed by atoms with E-state index in [2.05, 4.69) is 4.98 Å². The smallest absolute Gasteiger partial charge is 0.310 e. The van der Waals surface area contributed by atoms with Gasteiger partial charge in [0, 0.05) is 20.0 Å². The van der Waals surface area contributed by atoms with Crippen LogP contribution in [0.1, 0.15) is 29.1 Å². The molecule has 0 N–H and O–H groups in total. The van der Waals surface area contributed by atoms with E-state index < -0.39 is 0 Å². The van der Waals surface area contributed by atoms with Crippen LogP contribution in [0.2, 0.25) is 0 Å². The molecule has 1 saturated heterocycles. The molecule has 0 bridgehead atoms. The summed E-state index contributed by atoms with van der Waals surface area (Å²) in [6, 6.07) is 0. The molecule has 6 heteroatoms. The highest BCUT2D eigenvalue weighted by Crippen LogP contribution is 2.26. The summed E-state index contributed by atoms with van der Waals surface area (Å²) < 4.78 is 10.1. The Kier molecular flexibility index (Phi) is 3.59. The minimum absolute atomic E-state index is 0.0840. The number of nitrogens with zero attached hydrogens (tertiary/aromatic N) is 2. The summed E-state index contributed by atoms with van der Waals surface area (Å²) in [4.78, 5) is 29.6. The number of esters is 1. The number of carbonyl (C=O) groups is 2. The Morgan fingerprint density at radius 3 is 2.58 bits per heavy atom. The molecular weight excluding hydrogens is 248 g/mol. The normalized spacial score (nSPS) is 22.6. The van der Waals surface area contributed by atoms with E-state index in [1.807, 2.05) is 6.92 Å². The second-order valence-electron chi connectivity index (χ2n) is 4.96. The molecule has 1 fully saturated rings. The molecule has 0 aromatic carbocycles. The van der Waals surface area contributed by atoms with Crippen LogP contribution < -0.4 is 0 Å². The van der Waals surface area contributed by atoms with Crippen LogP contribution in [0, 0.1) is 25.7 Å². The summed E-state index contributed by atoms with van der Waals surface area (Å²) in [5.41, 5.74) is 0.580. The van der Waals surface area contributed by atoms with Gasteiger partial charge in [-0.15, -0.1) is 0 Å². The van der Waals surface area contributed by atoms with Crippen LogP contribution in [0.15, 0.2) is 4.42 Å². The lowest BCUT2D eigenvalue weighted by atomic mass is 9.99. The van der Waals surface area contributed by atoms with Crippen molar-refractivity contribution in [3.8, 4) is 0 Å². The molecule has 0 radical (unpaired) electrons. The van der Waals surface area contributed by atoms with Gasteiger partial charge in [-0.3, -0.25) is 9.59 Å². The number of carbonyl (C=O) groups excluding carboxylic acids is 2. The first-order valence-corrected chi connectivity index (χ1v) is 6.25. The number of hydrogen-bond donors (Lipinski definition) is 0. The third kappa shape index (κ3) is 2.47. The van der Waals surface area contributed by atoms with Gasteiger partial charge >= 0.3 is 5.97 Å². The van der Waals surface area contributed by atoms with Crippen molar-refractivity contribution in [1.82, 2.24) is 9.88 Å². The van der Waals surface area contributed by atoms with Crippen molar-refractivity contribution >= 4 is 11.9 Å².